The van der Waals surface area contributed by atoms with Crippen molar-refractivity contribution in [1.82, 2.24) is 5.32 Å². The van der Waals surface area contributed by atoms with Crippen molar-refractivity contribution < 1.29 is 19.4 Å². The second-order valence-corrected chi connectivity index (χ2v) is 8.82. The van der Waals surface area contributed by atoms with E-state index in [0.29, 0.717) is 19.6 Å². The van der Waals surface area contributed by atoms with Gasteiger partial charge in [-0.25, -0.2) is 0 Å². The Labute approximate surface area is 174 Å². The normalized spacial score (nSPS) is 19.1. The summed E-state index contributed by atoms with van der Waals surface area (Å²) >= 11 is 3.55. The maximum atomic E-state index is 12.7. The van der Waals surface area contributed by atoms with E-state index >= 15 is 0 Å². The van der Waals surface area contributed by atoms with Crippen LogP contribution in [0.1, 0.15) is 43.5 Å². The molecule has 3 rings (SSSR count). The molecular formula is C22H26BrNO4. The fourth-order valence-corrected chi connectivity index (χ4v) is 3.84. The van der Waals surface area contributed by atoms with Gasteiger partial charge in [0.15, 0.2) is 0 Å². The van der Waals surface area contributed by atoms with Gasteiger partial charge in [0.1, 0.15) is 17.4 Å². The minimum Gasteiger partial charge on any atom is -0.508 e. The first-order valence-corrected chi connectivity index (χ1v) is 10.1. The van der Waals surface area contributed by atoms with Crippen LogP contribution < -0.4 is 5.32 Å². The van der Waals surface area contributed by atoms with E-state index in [9.17, 15) is 9.90 Å². The number of esters is 1. The smallest absolute Gasteiger partial charge is 0.324 e. The first-order valence-electron chi connectivity index (χ1n) is 9.35. The van der Waals surface area contributed by atoms with Crippen molar-refractivity contribution in [3.05, 3.63) is 63.6 Å². The van der Waals surface area contributed by atoms with Crippen molar-refractivity contribution in [2.24, 2.45) is 0 Å². The minimum absolute atomic E-state index is 0.196. The van der Waals surface area contributed by atoms with Crippen molar-refractivity contribution in [1.29, 1.82) is 0 Å². The monoisotopic (exact) mass is 447 g/mol. The molecular weight excluding hydrogens is 422 g/mol. The number of halogens is 1. The lowest BCUT2D eigenvalue weighted by Gasteiger charge is -2.34. The molecule has 0 bridgehead atoms. The van der Waals surface area contributed by atoms with Gasteiger partial charge < -0.3 is 14.6 Å². The SMILES string of the molecule is CC(C)(C)OC(=O)[C@@H]1Cc2c(Br)ccc(O)c2[C@H](COCc2ccccc2)N1. The van der Waals surface area contributed by atoms with Crippen LogP contribution >= 0.6 is 15.9 Å². The van der Waals surface area contributed by atoms with Crippen LogP contribution in [0.2, 0.25) is 0 Å². The average molecular weight is 448 g/mol. The number of hydrogen-bond donors (Lipinski definition) is 2. The maximum Gasteiger partial charge on any atom is 0.324 e. The Morgan fingerprint density at radius 3 is 2.61 bits per heavy atom. The number of hydrogen-bond acceptors (Lipinski definition) is 5. The Morgan fingerprint density at radius 2 is 1.93 bits per heavy atom. The number of carbonyl (C=O) groups is 1. The molecule has 1 aliphatic heterocycles. The number of ether oxygens (including phenoxy) is 2. The molecule has 6 heteroatoms. The predicted octanol–water partition coefficient (Wildman–Crippen LogP) is 4.27. The third-order valence-corrected chi connectivity index (χ3v) is 5.27. The lowest BCUT2D eigenvalue weighted by atomic mass is 9.89. The van der Waals surface area contributed by atoms with Crippen molar-refractivity contribution in [2.75, 3.05) is 6.61 Å². The third-order valence-electron chi connectivity index (χ3n) is 4.52. The quantitative estimate of drug-likeness (QED) is 0.669. The summed E-state index contributed by atoms with van der Waals surface area (Å²) in [6, 6.07) is 12.5. The van der Waals surface area contributed by atoms with E-state index < -0.39 is 11.6 Å². The van der Waals surface area contributed by atoms with Crippen LogP contribution in [0.3, 0.4) is 0 Å². The number of fused-ring (bicyclic) bond motifs is 1. The largest absolute Gasteiger partial charge is 0.508 e. The van der Waals surface area contributed by atoms with Gasteiger partial charge in [-0.3, -0.25) is 10.1 Å². The molecule has 2 aromatic rings. The van der Waals surface area contributed by atoms with Crippen LogP contribution in [0, 0.1) is 0 Å². The second-order valence-electron chi connectivity index (χ2n) is 7.97. The van der Waals surface area contributed by atoms with Crippen LogP contribution in [-0.4, -0.2) is 29.3 Å². The number of carbonyl (C=O) groups excluding carboxylic acids is 1. The summed E-state index contributed by atoms with van der Waals surface area (Å²) < 4.78 is 12.3. The second kappa shape index (κ2) is 8.64. The predicted molar refractivity (Wildman–Crippen MR) is 111 cm³/mol. The number of benzene rings is 2. The molecule has 0 saturated carbocycles. The molecule has 0 saturated heterocycles. The zero-order valence-corrected chi connectivity index (χ0v) is 18.0. The molecule has 0 fully saturated rings. The van der Waals surface area contributed by atoms with Gasteiger partial charge >= 0.3 is 5.97 Å². The maximum absolute atomic E-state index is 12.7. The standard InChI is InChI=1S/C22H26BrNO4/c1-22(2,3)28-21(26)17-11-15-16(23)9-10-19(25)20(15)18(24-17)13-27-12-14-7-5-4-6-8-14/h4-10,17-18,24-25H,11-13H2,1-3H3/t17-,18-/m0/s1. The zero-order chi connectivity index (χ0) is 20.3. The Hall–Kier alpha value is -1.89. The molecule has 2 N–H and O–H groups in total. The molecule has 2 atom stereocenters. The van der Waals surface area contributed by atoms with E-state index in [1.54, 1.807) is 12.1 Å². The first-order chi connectivity index (χ1) is 13.2. The van der Waals surface area contributed by atoms with Crippen molar-refractivity contribution in [2.45, 2.75) is 51.5 Å². The first kappa shape index (κ1) is 20.8. The van der Waals surface area contributed by atoms with Crippen LogP contribution in [-0.2, 0) is 27.3 Å². The van der Waals surface area contributed by atoms with Crippen LogP contribution in [0.4, 0.5) is 0 Å². The summed E-state index contributed by atoms with van der Waals surface area (Å²) in [5.41, 5.74) is 2.18. The Morgan fingerprint density at radius 1 is 1.21 bits per heavy atom. The van der Waals surface area contributed by atoms with Gasteiger partial charge in [0.2, 0.25) is 0 Å². The molecule has 0 amide bonds. The Bertz CT molecular complexity index is 832. The molecule has 0 unspecified atom stereocenters. The highest BCUT2D eigenvalue weighted by atomic mass is 79.9. The van der Waals surface area contributed by atoms with Gasteiger partial charge in [-0.2, -0.15) is 0 Å². The van der Waals surface area contributed by atoms with Gasteiger partial charge in [-0.05, 0) is 44.0 Å². The molecule has 1 aliphatic rings. The molecule has 2 aromatic carbocycles. The van der Waals surface area contributed by atoms with Crippen LogP contribution in [0.15, 0.2) is 46.9 Å². The van der Waals surface area contributed by atoms with Crippen molar-refractivity contribution >= 4 is 21.9 Å². The lowest BCUT2D eigenvalue weighted by Crippen LogP contribution is -2.48. The van der Waals surface area contributed by atoms with Gasteiger partial charge in [0.05, 0.1) is 19.3 Å². The minimum atomic E-state index is -0.561. The molecule has 0 radical (unpaired) electrons. The van der Waals surface area contributed by atoms with E-state index in [1.165, 1.54) is 0 Å². The van der Waals surface area contributed by atoms with Crippen LogP contribution in [0.25, 0.3) is 0 Å². The Kier molecular flexibility index (Phi) is 6.43. The fourth-order valence-electron chi connectivity index (χ4n) is 3.34. The molecule has 5 nitrogen and oxygen atoms in total. The Balaban J connectivity index is 1.79. The fraction of sp³-hybridized carbons (Fsp3) is 0.409. The van der Waals surface area contributed by atoms with Gasteiger partial charge in [-0.15, -0.1) is 0 Å². The molecule has 0 aliphatic carbocycles. The van der Waals surface area contributed by atoms with E-state index in [-0.39, 0.29) is 17.8 Å². The molecule has 28 heavy (non-hydrogen) atoms. The van der Waals surface area contributed by atoms with E-state index in [1.807, 2.05) is 51.1 Å². The van der Waals surface area contributed by atoms with Gasteiger partial charge in [-0.1, -0.05) is 46.3 Å². The van der Waals surface area contributed by atoms with Crippen molar-refractivity contribution in [3.8, 4) is 5.75 Å². The summed E-state index contributed by atoms with van der Waals surface area (Å²) in [6.45, 7) is 6.34. The highest BCUT2D eigenvalue weighted by Gasteiger charge is 2.35. The summed E-state index contributed by atoms with van der Waals surface area (Å²) in [5.74, 6) is -0.108. The summed E-state index contributed by atoms with van der Waals surface area (Å²) in [7, 11) is 0. The number of phenolic OH excluding ortho intramolecular Hbond substituents is 1. The molecule has 1 heterocycles. The molecule has 0 spiro atoms. The number of rotatable bonds is 5. The average Bonchev–Trinajstić information content (AvgIpc) is 2.64. The number of aromatic hydroxyl groups is 1. The van der Waals surface area contributed by atoms with E-state index in [2.05, 4.69) is 21.2 Å². The highest BCUT2D eigenvalue weighted by Crippen LogP contribution is 2.37. The number of nitrogens with one attached hydrogen (secondary N) is 1. The van der Waals surface area contributed by atoms with E-state index in [0.717, 1.165) is 21.2 Å². The number of phenols is 1. The topological polar surface area (TPSA) is 67.8 Å². The van der Waals surface area contributed by atoms with E-state index in [4.69, 9.17) is 9.47 Å². The summed E-state index contributed by atoms with van der Waals surface area (Å²) in [5, 5.41) is 13.8. The summed E-state index contributed by atoms with van der Waals surface area (Å²) in [4.78, 5) is 12.7. The lowest BCUT2D eigenvalue weighted by molar-refractivity contribution is -0.158. The van der Waals surface area contributed by atoms with Crippen molar-refractivity contribution in [3.63, 3.8) is 0 Å². The zero-order valence-electron chi connectivity index (χ0n) is 16.4. The molecule has 150 valence electrons. The third kappa shape index (κ3) is 5.13. The van der Waals surface area contributed by atoms with Gasteiger partial charge in [0, 0.05) is 16.5 Å². The van der Waals surface area contributed by atoms with Gasteiger partial charge in [0.25, 0.3) is 0 Å². The molecule has 0 aromatic heterocycles. The van der Waals surface area contributed by atoms with Crippen LogP contribution in [0.5, 0.6) is 5.75 Å². The highest BCUT2D eigenvalue weighted by molar-refractivity contribution is 9.10. The summed E-state index contributed by atoms with van der Waals surface area (Å²) in [6.07, 6.45) is 0.439.